The molecule has 0 unspecified atom stereocenters. The maximum absolute atomic E-state index is 11.9. The van der Waals surface area contributed by atoms with Gasteiger partial charge in [-0.15, -0.1) is 0 Å². The van der Waals surface area contributed by atoms with Crippen LogP contribution in [0.25, 0.3) is 0 Å². The zero-order valence-corrected chi connectivity index (χ0v) is 15.2. The van der Waals surface area contributed by atoms with Crippen molar-refractivity contribution in [3.05, 3.63) is 53.6 Å². The van der Waals surface area contributed by atoms with Crippen molar-refractivity contribution in [1.29, 1.82) is 0 Å². The molecule has 0 bridgehead atoms. The van der Waals surface area contributed by atoms with Crippen LogP contribution in [0.4, 0.5) is 0 Å². The molecule has 0 N–H and O–H groups in total. The van der Waals surface area contributed by atoms with Gasteiger partial charge in [-0.2, -0.15) is 0 Å². The lowest BCUT2D eigenvalue weighted by molar-refractivity contribution is -0.142. The largest absolute Gasteiger partial charge is 0.493 e. The summed E-state index contributed by atoms with van der Waals surface area (Å²) in [5.74, 6) is 7.11. The minimum atomic E-state index is -0.305. The smallest absolute Gasteiger partial charge is 0.307 e. The topological polar surface area (TPSA) is 54.0 Å². The average molecular weight is 354 g/mol. The van der Waals surface area contributed by atoms with Gasteiger partial charge in [-0.1, -0.05) is 30.0 Å². The van der Waals surface area contributed by atoms with Crippen LogP contribution in [-0.2, 0) is 16.0 Å². The molecule has 0 spiro atoms. The van der Waals surface area contributed by atoms with Gasteiger partial charge in [-0.3, -0.25) is 4.79 Å². The Hall–Kier alpha value is -3.13. The predicted molar refractivity (Wildman–Crippen MR) is 98.7 cm³/mol. The average Bonchev–Trinajstić information content (AvgIpc) is 2.69. The number of hydrogen-bond donors (Lipinski definition) is 0. The molecule has 0 saturated heterocycles. The van der Waals surface area contributed by atoms with E-state index in [-0.39, 0.29) is 19.0 Å². The normalized spacial score (nSPS) is 9.65. The number of rotatable bonds is 7. The Labute approximate surface area is 153 Å². The Morgan fingerprint density at radius 3 is 2.19 bits per heavy atom. The van der Waals surface area contributed by atoms with Crippen molar-refractivity contribution in [2.45, 2.75) is 12.8 Å². The Balaban J connectivity index is 1.88. The third-order valence-corrected chi connectivity index (χ3v) is 3.65. The first-order valence-electron chi connectivity index (χ1n) is 8.16. The highest BCUT2D eigenvalue weighted by molar-refractivity contribution is 5.70. The Morgan fingerprint density at radius 2 is 1.62 bits per heavy atom. The van der Waals surface area contributed by atoms with Crippen LogP contribution < -0.4 is 14.2 Å². The minimum absolute atomic E-state index is 0.0724. The summed E-state index contributed by atoms with van der Waals surface area (Å²) in [6.07, 6.45) is 0.743. The monoisotopic (exact) mass is 354 g/mol. The summed E-state index contributed by atoms with van der Waals surface area (Å²) in [5.41, 5.74) is 1.78. The second-order valence-electron chi connectivity index (χ2n) is 5.36. The molecule has 5 heteroatoms. The number of esters is 1. The van der Waals surface area contributed by atoms with Crippen LogP contribution >= 0.6 is 0 Å². The van der Waals surface area contributed by atoms with Crippen LogP contribution in [0, 0.1) is 11.8 Å². The van der Waals surface area contributed by atoms with Crippen LogP contribution in [0.1, 0.15) is 17.5 Å². The number of carbonyl (C=O) groups is 1. The standard InChI is InChI=1S/C21H22O5/c1-23-18-14-17(15-19(24-2)21(18)25-3)11-12-20(22)26-13-7-10-16-8-5-4-6-9-16/h4-6,8-9,14-15H,11-13H2,1-3H3. The first kappa shape index (κ1) is 19.2. The highest BCUT2D eigenvalue weighted by Gasteiger charge is 2.14. The molecule has 2 aromatic carbocycles. The van der Waals surface area contributed by atoms with E-state index in [0.29, 0.717) is 23.7 Å². The summed E-state index contributed by atoms with van der Waals surface area (Å²) in [7, 11) is 4.66. The van der Waals surface area contributed by atoms with E-state index in [2.05, 4.69) is 11.8 Å². The maximum Gasteiger partial charge on any atom is 0.307 e. The van der Waals surface area contributed by atoms with Crippen molar-refractivity contribution in [2.24, 2.45) is 0 Å². The molecule has 0 saturated carbocycles. The van der Waals surface area contributed by atoms with Crippen LogP contribution in [0.2, 0.25) is 0 Å². The van der Waals surface area contributed by atoms with Crippen molar-refractivity contribution in [1.82, 2.24) is 0 Å². The van der Waals surface area contributed by atoms with E-state index >= 15 is 0 Å². The first-order chi connectivity index (χ1) is 12.7. The molecule has 0 heterocycles. The van der Waals surface area contributed by atoms with Gasteiger partial charge in [0.25, 0.3) is 0 Å². The molecule has 5 nitrogen and oxygen atoms in total. The quantitative estimate of drug-likeness (QED) is 0.564. The van der Waals surface area contributed by atoms with Gasteiger partial charge in [-0.25, -0.2) is 0 Å². The van der Waals surface area contributed by atoms with Gasteiger partial charge < -0.3 is 18.9 Å². The Bertz CT molecular complexity index is 762. The molecule has 0 aliphatic heterocycles. The third kappa shape index (κ3) is 5.45. The summed E-state index contributed by atoms with van der Waals surface area (Å²) in [6, 6.07) is 13.2. The first-order valence-corrected chi connectivity index (χ1v) is 8.16. The molecule has 0 aromatic heterocycles. The van der Waals surface area contributed by atoms with Gasteiger partial charge in [0.15, 0.2) is 18.1 Å². The van der Waals surface area contributed by atoms with Crippen LogP contribution in [0.15, 0.2) is 42.5 Å². The molecule has 2 aromatic rings. The summed E-state index contributed by atoms with van der Waals surface area (Å²) < 4.78 is 21.0. The molecule has 0 aliphatic carbocycles. The number of methoxy groups -OCH3 is 3. The molecular weight excluding hydrogens is 332 g/mol. The lowest BCUT2D eigenvalue weighted by atomic mass is 10.1. The van der Waals surface area contributed by atoms with Crippen LogP contribution in [0.3, 0.4) is 0 Å². The highest BCUT2D eigenvalue weighted by atomic mass is 16.5. The van der Waals surface area contributed by atoms with Gasteiger partial charge in [-0.05, 0) is 36.2 Å². The summed E-state index contributed by atoms with van der Waals surface area (Å²) >= 11 is 0. The second-order valence-corrected chi connectivity index (χ2v) is 5.36. The summed E-state index contributed by atoms with van der Waals surface area (Å²) in [5, 5.41) is 0. The van der Waals surface area contributed by atoms with E-state index in [0.717, 1.165) is 11.1 Å². The molecule has 0 amide bonds. The molecular formula is C21H22O5. The summed E-state index contributed by atoms with van der Waals surface area (Å²) in [6.45, 7) is 0.0724. The summed E-state index contributed by atoms with van der Waals surface area (Å²) in [4.78, 5) is 11.9. The van der Waals surface area contributed by atoms with Crippen LogP contribution in [-0.4, -0.2) is 33.9 Å². The molecule has 0 aliphatic rings. The van der Waals surface area contributed by atoms with E-state index < -0.39 is 0 Å². The SMILES string of the molecule is COc1cc(CCC(=O)OCC#Cc2ccccc2)cc(OC)c1OC. The van der Waals surface area contributed by atoms with E-state index in [9.17, 15) is 4.79 Å². The van der Waals surface area contributed by atoms with E-state index in [4.69, 9.17) is 18.9 Å². The Morgan fingerprint density at radius 1 is 0.962 bits per heavy atom. The van der Waals surface area contributed by atoms with Gasteiger partial charge in [0.1, 0.15) is 0 Å². The fourth-order valence-electron chi connectivity index (χ4n) is 2.37. The van der Waals surface area contributed by atoms with Crippen molar-refractivity contribution in [3.8, 4) is 29.1 Å². The number of benzene rings is 2. The number of aryl methyl sites for hydroxylation is 1. The molecule has 26 heavy (non-hydrogen) atoms. The van der Waals surface area contributed by atoms with Gasteiger partial charge in [0.05, 0.1) is 21.3 Å². The molecule has 2 rings (SSSR count). The van der Waals surface area contributed by atoms with Crippen molar-refractivity contribution in [3.63, 3.8) is 0 Å². The van der Waals surface area contributed by atoms with Gasteiger partial charge in [0.2, 0.25) is 5.75 Å². The molecule has 136 valence electrons. The van der Waals surface area contributed by atoms with Gasteiger partial charge in [0, 0.05) is 12.0 Å². The number of ether oxygens (including phenoxy) is 4. The Kier molecular flexibility index (Phi) is 7.38. The minimum Gasteiger partial charge on any atom is -0.493 e. The van der Waals surface area contributed by atoms with Crippen LogP contribution in [0.5, 0.6) is 17.2 Å². The van der Waals surface area contributed by atoms with E-state index in [1.807, 2.05) is 42.5 Å². The number of carbonyl (C=O) groups excluding carboxylic acids is 1. The lowest BCUT2D eigenvalue weighted by Crippen LogP contribution is -2.06. The second kappa shape index (κ2) is 10.00. The zero-order valence-electron chi connectivity index (χ0n) is 15.2. The van der Waals surface area contributed by atoms with Crippen molar-refractivity contribution in [2.75, 3.05) is 27.9 Å². The van der Waals surface area contributed by atoms with Crippen molar-refractivity contribution < 1.29 is 23.7 Å². The zero-order chi connectivity index (χ0) is 18.8. The molecule has 0 fully saturated rings. The maximum atomic E-state index is 11.9. The van der Waals surface area contributed by atoms with E-state index in [1.54, 1.807) is 21.3 Å². The fraction of sp³-hybridized carbons (Fsp3) is 0.286. The molecule has 0 radical (unpaired) electrons. The number of hydrogen-bond acceptors (Lipinski definition) is 5. The van der Waals surface area contributed by atoms with E-state index in [1.165, 1.54) is 0 Å². The lowest BCUT2D eigenvalue weighted by Gasteiger charge is -2.13. The third-order valence-electron chi connectivity index (χ3n) is 3.65. The fourth-order valence-corrected chi connectivity index (χ4v) is 2.37. The highest BCUT2D eigenvalue weighted by Crippen LogP contribution is 2.38. The molecule has 0 atom stereocenters. The van der Waals surface area contributed by atoms with Gasteiger partial charge >= 0.3 is 5.97 Å². The van der Waals surface area contributed by atoms with Crippen molar-refractivity contribution >= 4 is 5.97 Å². The predicted octanol–water partition coefficient (Wildman–Crippen LogP) is 3.24.